The monoisotopic (exact) mass is 600 g/mol. The predicted molar refractivity (Wildman–Crippen MR) is 143 cm³/mol. The Morgan fingerprint density at radius 1 is 0.976 bits per heavy atom. The number of carbonyl (C=O) groups is 1. The second kappa shape index (κ2) is 11.8. The Bertz CT molecular complexity index is 1240. The highest BCUT2D eigenvalue weighted by Crippen LogP contribution is 2.41. The van der Waals surface area contributed by atoms with E-state index in [0.717, 1.165) is 50.0 Å². The Balaban J connectivity index is 1.48. The van der Waals surface area contributed by atoms with Crippen molar-refractivity contribution >= 4 is 17.6 Å². The number of benzene rings is 1. The summed E-state index contributed by atoms with van der Waals surface area (Å²) in [5.74, 6) is 0.689. The Kier molecular flexibility index (Phi) is 8.51. The van der Waals surface area contributed by atoms with Crippen molar-refractivity contribution in [3.8, 4) is 0 Å². The second-order valence-electron chi connectivity index (χ2n) is 11.0. The Morgan fingerprint density at radius 2 is 1.60 bits per heavy atom. The van der Waals surface area contributed by atoms with Gasteiger partial charge in [-0.25, -0.2) is 9.78 Å². The van der Waals surface area contributed by atoms with Gasteiger partial charge in [0.25, 0.3) is 0 Å². The van der Waals surface area contributed by atoms with E-state index in [0.29, 0.717) is 37.7 Å². The van der Waals surface area contributed by atoms with Crippen LogP contribution in [0.4, 0.5) is 42.6 Å². The number of rotatable bonds is 7. The number of hydrogen-bond acceptors (Lipinski definition) is 6. The summed E-state index contributed by atoms with van der Waals surface area (Å²) in [5.41, 5.74) is -1.62. The molecular weight excluding hydrogens is 566 g/mol. The quantitative estimate of drug-likeness (QED) is 0.326. The van der Waals surface area contributed by atoms with Crippen molar-refractivity contribution in [1.82, 2.24) is 9.88 Å². The van der Waals surface area contributed by atoms with Crippen LogP contribution in [0.5, 0.6) is 0 Å². The Labute approximate surface area is 240 Å². The van der Waals surface area contributed by atoms with E-state index in [1.807, 2.05) is 19.2 Å². The summed E-state index contributed by atoms with van der Waals surface area (Å²) >= 11 is 0. The first-order valence-electron chi connectivity index (χ1n) is 14.2. The van der Waals surface area contributed by atoms with Gasteiger partial charge < -0.3 is 19.3 Å². The van der Waals surface area contributed by atoms with Gasteiger partial charge in [-0.1, -0.05) is 0 Å². The summed E-state index contributed by atoms with van der Waals surface area (Å²) < 4.78 is 92.1. The summed E-state index contributed by atoms with van der Waals surface area (Å²) in [6, 6.07) is 2.63. The molecule has 0 spiro atoms. The summed E-state index contributed by atoms with van der Waals surface area (Å²) in [6.45, 7) is 7.26. The van der Waals surface area contributed by atoms with Crippen molar-refractivity contribution in [2.24, 2.45) is 0 Å². The molecule has 1 amide bonds. The summed E-state index contributed by atoms with van der Waals surface area (Å²) in [6.07, 6.45) is -6.61. The molecule has 3 saturated heterocycles. The van der Waals surface area contributed by atoms with Crippen molar-refractivity contribution in [1.29, 1.82) is 0 Å². The third-order valence-electron chi connectivity index (χ3n) is 8.32. The van der Waals surface area contributed by atoms with Gasteiger partial charge in [0.15, 0.2) is 0 Å². The number of amides is 1. The molecule has 2 aromatic rings. The van der Waals surface area contributed by atoms with Crippen molar-refractivity contribution in [3.63, 3.8) is 0 Å². The number of carbonyl (C=O) groups excluding carboxylic acids is 1. The molecule has 2 atom stereocenters. The van der Waals surface area contributed by atoms with Crippen LogP contribution in [0.3, 0.4) is 0 Å². The van der Waals surface area contributed by atoms with E-state index in [4.69, 9.17) is 14.5 Å². The van der Waals surface area contributed by atoms with Crippen LogP contribution in [-0.4, -0.2) is 60.9 Å². The SMILES string of the molecule is CCN(c1ncc(N2CCCC2)cc1CN1C(=O)O[C@H](c2cc(C(F)(F)F)cc(C(F)(F)F)c2)[C@@H]1C)C1CCOCC1. The van der Waals surface area contributed by atoms with Crippen LogP contribution in [0.15, 0.2) is 30.5 Å². The number of anilines is 2. The number of aromatic nitrogens is 1. The molecular formula is C29H34F6N4O3. The molecule has 0 unspecified atom stereocenters. The van der Waals surface area contributed by atoms with Crippen LogP contribution in [-0.2, 0) is 28.4 Å². The lowest BCUT2D eigenvalue weighted by Gasteiger charge is -2.36. The van der Waals surface area contributed by atoms with Gasteiger partial charge in [-0.3, -0.25) is 4.90 Å². The molecule has 42 heavy (non-hydrogen) atoms. The normalized spacial score (nSPS) is 22.1. The van der Waals surface area contributed by atoms with Gasteiger partial charge in [-0.05, 0) is 69.4 Å². The van der Waals surface area contributed by atoms with Gasteiger partial charge in [0.2, 0.25) is 0 Å². The van der Waals surface area contributed by atoms with E-state index in [1.54, 1.807) is 6.92 Å². The van der Waals surface area contributed by atoms with Crippen LogP contribution >= 0.6 is 0 Å². The van der Waals surface area contributed by atoms with Crippen molar-refractivity contribution < 1.29 is 40.6 Å². The molecule has 1 aromatic heterocycles. The zero-order chi connectivity index (χ0) is 30.2. The largest absolute Gasteiger partial charge is 0.439 e. The Morgan fingerprint density at radius 3 is 2.17 bits per heavy atom. The number of hydrogen-bond donors (Lipinski definition) is 0. The van der Waals surface area contributed by atoms with Gasteiger partial charge in [0.1, 0.15) is 11.9 Å². The average Bonchev–Trinajstić information content (AvgIpc) is 3.58. The maximum atomic E-state index is 13.5. The minimum absolute atomic E-state index is 0.0331. The van der Waals surface area contributed by atoms with Crippen LogP contribution in [0, 0.1) is 0 Å². The van der Waals surface area contributed by atoms with Crippen LogP contribution < -0.4 is 9.80 Å². The maximum absolute atomic E-state index is 13.5. The molecule has 7 nitrogen and oxygen atoms in total. The predicted octanol–water partition coefficient (Wildman–Crippen LogP) is 6.81. The average molecular weight is 601 g/mol. The number of nitrogens with zero attached hydrogens (tertiary/aromatic N) is 4. The third-order valence-corrected chi connectivity index (χ3v) is 8.32. The van der Waals surface area contributed by atoms with Crippen LogP contribution in [0.1, 0.15) is 67.9 Å². The molecule has 3 fully saturated rings. The number of cyclic esters (lactones) is 1. The number of alkyl halides is 6. The molecule has 0 N–H and O–H groups in total. The standard InChI is InChI=1S/C29H34F6N4O3/c1-3-38(23-6-10-41-11-7-23)26-20(14-24(16-36-26)37-8-4-5-9-37)17-39-18(2)25(42-27(39)40)19-12-21(28(30,31)32)15-22(13-19)29(33,34)35/h12-16,18,23,25H,3-11,17H2,1-2H3/t18-,25-/m0/s1. The number of ether oxygens (including phenoxy) is 2. The molecule has 13 heteroatoms. The fourth-order valence-corrected chi connectivity index (χ4v) is 6.08. The van der Waals surface area contributed by atoms with E-state index in [1.165, 1.54) is 4.90 Å². The summed E-state index contributed by atoms with van der Waals surface area (Å²) in [7, 11) is 0. The van der Waals surface area contributed by atoms with Gasteiger partial charge in [0, 0.05) is 44.5 Å². The van der Waals surface area contributed by atoms with Gasteiger partial charge >= 0.3 is 18.4 Å². The molecule has 1 aromatic carbocycles. The zero-order valence-electron chi connectivity index (χ0n) is 23.5. The van der Waals surface area contributed by atoms with Gasteiger partial charge in [-0.2, -0.15) is 26.3 Å². The highest BCUT2D eigenvalue weighted by Gasteiger charge is 2.43. The first kappa shape index (κ1) is 30.2. The fourth-order valence-electron chi connectivity index (χ4n) is 6.08. The molecule has 3 aliphatic rings. The first-order chi connectivity index (χ1) is 19.9. The summed E-state index contributed by atoms with van der Waals surface area (Å²) in [4.78, 5) is 23.7. The van der Waals surface area contributed by atoms with Crippen molar-refractivity contribution in [2.45, 2.75) is 76.6 Å². The van der Waals surface area contributed by atoms with E-state index < -0.39 is 41.7 Å². The molecule has 3 aliphatic heterocycles. The number of halogens is 6. The molecule has 0 radical (unpaired) electrons. The second-order valence-corrected chi connectivity index (χ2v) is 11.0. The Hall–Kier alpha value is -3.22. The van der Waals surface area contributed by atoms with Crippen molar-refractivity contribution in [3.05, 3.63) is 52.7 Å². The van der Waals surface area contributed by atoms with E-state index in [2.05, 4.69) is 9.80 Å². The van der Waals surface area contributed by atoms with E-state index in [9.17, 15) is 31.1 Å². The lowest BCUT2D eigenvalue weighted by Crippen LogP contribution is -2.41. The van der Waals surface area contributed by atoms with Crippen LogP contribution in [0.2, 0.25) is 0 Å². The fraction of sp³-hybridized carbons (Fsp3) is 0.586. The smallest absolute Gasteiger partial charge is 0.416 e. The molecule has 230 valence electrons. The third kappa shape index (κ3) is 6.25. The van der Waals surface area contributed by atoms with E-state index >= 15 is 0 Å². The first-order valence-corrected chi connectivity index (χ1v) is 14.2. The number of pyridine rings is 1. The molecule has 0 aliphatic carbocycles. The lowest BCUT2D eigenvalue weighted by atomic mass is 9.97. The maximum Gasteiger partial charge on any atom is 0.416 e. The van der Waals surface area contributed by atoms with Gasteiger partial charge in [0.05, 0.1) is 35.6 Å². The minimum Gasteiger partial charge on any atom is -0.439 e. The summed E-state index contributed by atoms with van der Waals surface area (Å²) in [5, 5.41) is 0. The minimum atomic E-state index is -5.01. The molecule has 0 saturated carbocycles. The topological polar surface area (TPSA) is 58.1 Å². The molecule has 0 bridgehead atoms. The van der Waals surface area contributed by atoms with Crippen LogP contribution in [0.25, 0.3) is 0 Å². The zero-order valence-corrected chi connectivity index (χ0v) is 23.5. The molecule has 4 heterocycles. The van der Waals surface area contributed by atoms with E-state index in [-0.39, 0.29) is 24.2 Å². The highest BCUT2D eigenvalue weighted by atomic mass is 19.4. The van der Waals surface area contributed by atoms with Crippen molar-refractivity contribution in [2.75, 3.05) is 42.6 Å². The highest BCUT2D eigenvalue weighted by molar-refractivity contribution is 5.72. The van der Waals surface area contributed by atoms with Gasteiger partial charge in [-0.15, -0.1) is 0 Å². The lowest BCUT2D eigenvalue weighted by molar-refractivity contribution is -0.143. The molecule has 5 rings (SSSR count).